The van der Waals surface area contributed by atoms with Gasteiger partial charge in [0.25, 0.3) is 0 Å². The van der Waals surface area contributed by atoms with Gasteiger partial charge in [0, 0.05) is 6.07 Å². The smallest absolute Gasteiger partial charge is 0.197 e. The van der Waals surface area contributed by atoms with Crippen molar-refractivity contribution in [2.75, 3.05) is 19.8 Å². The Hall–Kier alpha value is -2.20. The number of rotatable bonds is 14. The summed E-state index contributed by atoms with van der Waals surface area (Å²) in [6.07, 6.45) is 4.26. The molecule has 0 amide bonds. The predicted molar refractivity (Wildman–Crippen MR) is 118 cm³/mol. The Morgan fingerprint density at radius 2 is 1.45 bits per heavy atom. The molecule has 29 heavy (non-hydrogen) atoms. The first-order valence-electron chi connectivity index (χ1n) is 10.9. The molecule has 2 aromatic carbocycles. The van der Waals surface area contributed by atoms with Crippen LogP contribution in [0.2, 0.25) is 0 Å². The van der Waals surface area contributed by atoms with Gasteiger partial charge < -0.3 is 18.9 Å². The van der Waals surface area contributed by atoms with Crippen molar-refractivity contribution in [2.45, 2.75) is 65.6 Å². The Morgan fingerprint density at radius 3 is 2.10 bits per heavy atom. The lowest BCUT2D eigenvalue weighted by atomic mass is 9.99. The van der Waals surface area contributed by atoms with Crippen LogP contribution in [0, 0.1) is 0 Å². The molecule has 0 radical (unpaired) electrons. The molecule has 160 valence electrons. The van der Waals surface area contributed by atoms with E-state index in [4.69, 9.17) is 18.9 Å². The number of ether oxygens (including phenoxy) is 4. The molecule has 0 aliphatic carbocycles. The van der Waals surface area contributed by atoms with Gasteiger partial charge in [-0.15, -0.1) is 0 Å². The summed E-state index contributed by atoms with van der Waals surface area (Å²) in [6, 6.07) is 16.0. The fourth-order valence-electron chi connectivity index (χ4n) is 2.91. The average Bonchev–Trinajstić information content (AvgIpc) is 2.74. The molecule has 0 N–H and O–H groups in total. The third-order valence-electron chi connectivity index (χ3n) is 4.89. The Morgan fingerprint density at radius 1 is 0.759 bits per heavy atom. The monoisotopic (exact) mass is 400 g/mol. The van der Waals surface area contributed by atoms with Crippen molar-refractivity contribution in [3.8, 4) is 17.2 Å². The number of benzene rings is 2. The SMILES string of the molecule is CCCCCOc1cccc(OCCOC(C)Oc2ccc(C(C)CC)cc2)c1. The molecule has 0 saturated heterocycles. The number of unbranched alkanes of at least 4 members (excludes halogenated alkanes) is 2. The molecule has 0 aromatic heterocycles. The number of hydrogen-bond acceptors (Lipinski definition) is 4. The maximum atomic E-state index is 5.82. The van der Waals surface area contributed by atoms with Gasteiger partial charge in [-0.25, -0.2) is 0 Å². The summed E-state index contributed by atoms with van der Waals surface area (Å²) in [5, 5.41) is 0. The van der Waals surface area contributed by atoms with Crippen LogP contribution >= 0.6 is 0 Å². The summed E-state index contributed by atoms with van der Waals surface area (Å²) < 4.78 is 23.1. The van der Waals surface area contributed by atoms with Crippen molar-refractivity contribution in [1.82, 2.24) is 0 Å². The van der Waals surface area contributed by atoms with E-state index in [1.807, 2.05) is 43.3 Å². The van der Waals surface area contributed by atoms with Gasteiger partial charge in [0.2, 0.25) is 0 Å². The molecule has 0 saturated carbocycles. The second kappa shape index (κ2) is 13.1. The van der Waals surface area contributed by atoms with Gasteiger partial charge in [0.1, 0.15) is 23.9 Å². The highest BCUT2D eigenvalue weighted by Crippen LogP contribution is 2.22. The first-order valence-corrected chi connectivity index (χ1v) is 10.9. The summed E-state index contributed by atoms with van der Waals surface area (Å²) in [4.78, 5) is 0. The molecule has 0 spiro atoms. The minimum Gasteiger partial charge on any atom is -0.493 e. The van der Waals surface area contributed by atoms with Crippen LogP contribution < -0.4 is 14.2 Å². The zero-order valence-electron chi connectivity index (χ0n) is 18.4. The van der Waals surface area contributed by atoms with Gasteiger partial charge in [-0.2, -0.15) is 0 Å². The predicted octanol–water partition coefficient (Wildman–Crippen LogP) is 6.59. The van der Waals surface area contributed by atoms with Gasteiger partial charge >= 0.3 is 0 Å². The second-order valence-electron chi connectivity index (χ2n) is 7.31. The van der Waals surface area contributed by atoms with Crippen LogP contribution in [0.25, 0.3) is 0 Å². The zero-order valence-corrected chi connectivity index (χ0v) is 18.4. The van der Waals surface area contributed by atoms with Crippen LogP contribution in [0.1, 0.15) is 64.9 Å². The van der Waals surface area contributed by atoms with Crippen molar-refractivity contribution in [3.05, 3.63) is 54.1 Å². The van der Waals surface area contributed by atoms with Crippen LogP contribution in [0.5, 0.6) is 17.2 Å². The molecule has 0 bridgehead atoms. The third kappa shape index (κ3) is 8.78. The maximum absolute atomic E-state index is 5.82. The van der Waals surface area contributed by atoms with E-state index >= 15 is 0 Å². The van der Waals surface area contributed by atoms with Crippen molar-refractivity contribution in [2.24, 2.45) is 0 Å². The first kappa shape index (κ1) is 23.1. The van der Waals surface area contributed by atoms with E-state index in [9.17, 15) is 0 Å². The highest BCUT2D eigenvalue weighted by molar-refractivity contribution is 5.33. The quantitative estimate of drug-likeness (QED) is 0.265. The van der Waals surface area contributed by atoms with E-state index in [1.54, 1.807) is 0 Å². The van der Waals surface area contributed by atoms with Crippen molar-refractivity contribution >= 4 is 0 Å². The maximum Gasteiger partial charge on any atom is 0.197 e. The van der Waals surface area contributed by atoms with Gasteiger partial charge in [0.15, 0.2) is 6.29 Å². The normalized spacial score (nSPS) is 13.0. The number of hydrogen-bond donors (Lipinski definition) is 0. The van der Waals surface area contributed by atoms with Gasteiger partial charge in [-0.3, -0.25) is 0 Å². The molecule has 0 fully saturated rings. The third-order valence-corrected chi connectivity index (χ3v) is 4.89. The highest BCUT2D eigenvalue weighted by Gasteiger charge is 2.07. The van der Waals surface area contributed by atoms with Crippen molar-refractivity contribution < 1.29 is 18.9 Å². The van der Waals surface area contributed by atoms with Crippen LogP contribution in [-0.2, 0) is 4.74 Å². The van der Waals surface area contributed by atoms with Gasteiger partial charge in [-0.05, 0) is 55.5 Å². The summed E-state index contributed by atoms with van der Waals surface area (Å²) in [5.41, 5.74) is 1.33. The van der Waals surface area contributed by atoms with E-state index in [0.717, 1.165) is 36.7 Å². The van der Waals surface area contributed by atoms with Crippen LogP contribution in [0.4, 0.5) is 0 Å². The summed E-state index contributed by atoms with van der Waals surface area (Å²) in [6.45, 7) is 10.2. The molecule has 2 aromatic rings. The van der Waals surface area contributed by atoms with Crippen LogP contribution in [0.15, 0.2) is 48.5 Å². The minimum atomic E-state index is -0.332. The van der Waals surface area contributed by atoms with E-state index in [-0.39, 0.29) is 6.29 Å². The Kier molecular flexibility index (Phi) is 10.4. The fourth-order valence-corrected chi connectivity index (χ4v) is 2.91. The van der Waals surface area contributed by atoms with Gasteiger partial charge in [0.05, 0.1) is 13.2 Å². The van der Waals surface area contributed by atoms with Crippen molar-refractivity contribution in [1.29, 1.82) is 0 Å². The summed E-state index contributed by atoms with van der Waals surface area (Å²) >= 11 is 0. The largest absolute Gasteiger partial charge is 0.493 e. The molecular weight excluding hydrogens is 364 g/mol. The first-order chi connectivity index (χ1) is 14.1. The minimum absolute atomic E-state index is 0.332. The summed E-state index contributed by atoms with van der Waals surface area (Å²) in [7, 11) is 0. The molecule has 0 heterocycles. The topological polar surface area (TPSA) is 36.9 Å². The zero-order chi connectivity index (χ0) is 20.9. The van der Waals surface area contributed by atoms with E-state index in [1.165, 1.54) is 18.4 Å². The Balaban J connectivity index is 1.66. The molecule has 4 heteroatoms. The van der Waals surface area contributed by atoms with E-state index < -0.39 is 0 Å². The second-order valence-corrected chi connectivity index (χ2v) is 7.31. The fraction of sp³-hybridized carbons (Fsp3) is 0.520. The molecule has 2 unspecified atom stereocenters. The molecular formula is C25H36O4. The molecule has 2 rings (SSSR count). The summed E-state index contributed by atoms with van der Waals surface area (Å²) in [5.74, 6) is 3.02. The lowest BCUT2D eigenvalue weighted by Crippen LogP contribution is -2.19. The molecule has 4 nitrogen and oxygen atoms in total. The molecule has 0 aliphatic rings. The lowest BCUT2D eigenvalue weighted by Gasteiger charge is -2.17. The van der Waals surface area contributed by atoms with Crippen LogP contribution in [0.3, 0.4) is 0 Å². The van der Waals surface area contributed by atoms with E-state index in [2.05, 4.69) is 32.9 Å². The molecule has 0 aliphatic heterocycles. The average molecular weight is 401 g/mol. The van der Waals surface area contributed by atoms with E-state index in [0.29, 0.717) is 19.1 Å². The van der Waals surface area contributed by atoms with Crippen LogP contribution in [-0.4, -0.2) is 26.1 Å². The van der Waals surface area contributed by atoms with Gasteiger partial charge in [-0.1, -0.05) is 51.8 Å². The lowest BCUT2D eigenvalue weighted by molar-refractivity contribution is -0.0739. The molecule has 2 atom stereocenters. The van der Waals surface area contributed by atoms with Crippen molar-refractivity contribution in [3.63, 3.8) is 0 Å². The Labute approximate surface area is 176 Å². The standard InChI is InChI=1S/C25H36O4/c1-5-7-8-16-27-24-10-9-11-25(19-24)28-18-17-26-21(4)29-23-14-12-22(13-15-23)20(3)6-2/h9-15,19-21H,5-8,16-18H2,1-4H3. The highest BCUT2D eigenvalue weighted by atomic mass is 16.7. The Bertz CT molecular complexity index is 683.